The maximum absolute atomic E-state index is 12.5. The molecule has 1 heterocycles. The van der Waals surface area contributed by atoms with Gasteiger partial charge in [0.05, 0.1) is 24.2 Å². The van der Waals surface area contributed by atoms with E-state index < -0.39 is 10.0 Å². The highest BCUT2D eigenvalue weighted by Crippen LogP contribution is 2.19. The highest BCUT2D eigenvalue weighted by Gasteiger charge is 2.14. The number of nitrogens with zero attached hydrogens (tertiary/aromatic N) is 2. The third-order valence-corrected chi connectivity index (χ3v) is 5.83. The van der Waals surface area contributed by atoms with Gasteiger partial charge in [0.25, 0.3) is 5.56 Å². The van der Waals surface area contributed by atoms with Crippen molar-refractivity contribution in [3.05, 3.63) is 71.0 Å². The molecule has 10 heteroatoms. The van der Waals surface area contributed by atoms with E-state index in [2.05, 4.69) is 15.1 Å². The normalized spacial score (nSPS) is 11.2. The summed E-state index contributed by atoms with van der Waals surface area (Å²) in [5.41, 5.74) is 1.54. The minimum absolute atomic E-state index is 0.0191. The maximum atomic E-state index is 12.5. The molecule has 0 saturated heterocycles. The number of anilines is 1. The first-order chi connectivity index (χ1) is 14.8. The van der Waals surface area contributed by atoms with E-state index >= 15 is 0 Å². The van der Waals surface area contributed by atoms with Crippen LogP contribution >= 0.6 is 0 Å². The third kappa shape index (κ3) is 5.77. The molecule has 0 aliphatic carbocycles. The molecule has 9 nitrogen and oxygen atoms in total. The lowest BCUT2D eigenvalue weighted by Gasteiger charge is -2.10. The number of carbonyl (C=O) groups excluding carboxylic acids is 1. The topological polar surface area (TPSA) is 119 Å². The van der Waals surface area contributed by atoms with Crippen LogP contribution in [0.1, 0.15) is 6.92 Å². The lowest BCUT2D eigenvalue weighted by molar-refractivity contribution is -0.114. The van der Waals surface area contributed by atoms with Gasteiger partial charge in [-0.25, -0.2) is 17.8 Å². The van der Waals surface area contributed by atoms with Gasteiger partial charge in [0.1, 0.15) is 5.75 Å². The first-order valence-corrected chi connectivity index (χ1v) is 10.9. The molecular formula is C21H22N4O5S. The molecule has 0 spiro atoms. The number of hydrogen-bond donors (Lipinski definition) is 2. The average molecular weight is 442 g/mol. The SMILES string of the molecule is COc1ccc(-c2ccc(=O)n(CCNS(=O)(=O)c3ccc(NC(C)=O)cc3)n2)cc1. The molecule has 2 N–H and O–H groups in total. The maximum Gasteiger partial charge on any atom is 0.266 e. The molecule has 0 unspecified atom stereocenters. The van der Waals surface area contributed by atoms with E-state index in [0.29, 0.717) is 17.1 Å². The van der Waals surface area contributed by atoms with Crippen molar-refractivity contribution in [1.82, 2.24) is 14.5 Å². The van der Waals surface area contributed by atoms with Crippen molar-refractivity contribution >= 4 is 21.6 Å². The van der Waals surface area contributed by atoms with E-state index in [1.165, 1.54) is 41.9 Å². The van der Waals surface area contributed by atoms with Crippen LogP contribution in [0, 0.1) is 0 Å². The van der Waals surface area contributed by atoms with E-state index in [-0.39, 0.29) is 29.5 Å². The molecule has 0 saturated carbocycles. The van der Waals surface area contributed by atoms with Crippen molar-refractivity contribution in [3.63, 3.8) is 0 Å². The van der Waals surface area contributed by atoms with Gasteiger partial charge in [-0.2, -0.15) is 5.10 Å². The molecule has 0 fully saturated rings. The molecule has 162 valence electrons. The van der Waals surface area contributed by atoms with Gasteiger partial charge < -0.3 is 10.1 Å². The Bertz CT molecular complexity index is 1220. The van der Waals surface area contributed by atoms with Crippen molar-refractivity contribution in [2.24, 2.45) is 0 Å². The van der Waals surface area contributed by atoms with Gasteiger partial charge in [0.2, 0.25) is 15.9 Å². The first-order valence-electron chi connectivity index (χ1n) is 9.38. The summed E-state index contributed by atoms with van der Waals surface area (Å²) in [6.07, 6.45) is 0. The number of methoxy groups -OCH3 is 1. The van der Waals surface area contributed by atoms with Crippen molar-refractivity contribution in [2.75, 3.05) is 19.0 Å². The van der Waals surface area contributed by atoms with Crippen LogP contribution < -0.4 is 20.3 Å². The predicted molar refractivity (Wildman–Crippen MR) is 116 cm³/mol. The van der Waals surface area contributed by atoms with Crippen LogP contribution in [0.15, 0.2) is 70.4 Å². The summed E-state index contributed by atoms with van der Waals surface area (Å²) in [6, 6.07) is 16.0. The summed E-state index contributed by atoms with van der Waals surface area (Å²) < 4.78 is 33.7. The summed E-state index contributed by atoms with van der Waals surface area (Å²) in [4.78, 5) is 23.2. The zero-order valence-corrected chi connectivity index (χ0v) is 17.8. The van der Waals surface area contributed by atoms with Gasteiger partial charge in [0, 0.05) is 30.8 Å². The highest BCUT2D eigenvalue weighted by atomic mass is 32.2. The van der Waals surface area contributed by atoms with Gasteiger partial charge in [-0.3, -0.25) is 9.59 Å². The lowest BCUT2D eigenvalue weighted by Crippen LogP contribution is -2.32. The average Bonchev–Trinajstić information content (AvgIpc) is 2.75. The molecule has 3 rings (SSSR count). The van der Waals surface area contributed by atoms with E-state index in [0.717, 1.165) is 5.56 Å². The standard InChI is InChI=1S/C21H22N4O5S/c1-15(26)23-17-5-9-19(10-6-17)31(28,29)22-13-14-25-21(27)12-11-20(24-25)16-3-7-18(30-2)8-4-16/h3-12,22H,13-14H2,1-2H3,(H,23,26). The zero-order valence-electron chi connectivity index (χ0n) is 17.0. The summed E-state index contributed by atoms with van der Waals surface area (Å²) in [5, 5.41) is 6.89. The van der Waals surface area contributed by atoms with Crippen LogP contribution in [-0.4, -0.2) is 37.8 Å². The summed E-state index contributed by atoms with van der Waals surface area (Å²) in [7, 11) is -2.20. The molecule has 31 heavy (non-hydrogen) atoms. The van der Waals surface area contributed by atoms with Crippen molar-refractivity contribution < 1.29 is 17.9 Å². The second-order valence-electron chi connectivity index (χ2n) is 6.61. The number of nitrogens with one attached hydrogen (secondary N) is 2. The number of rotatable bonds is 8. The fourth-order valence-corrected chi connectivity index (χ4v) is 3.84. The molecule has 0 aliphatic heterocycles. The Morgan fingerprint density at radius 2 is 1.71 bits per heavy atom. The number of sulfonamides is 1. The number of carbonyl (C=O) groups is 1. The van der Waals surface area contributed by atoms with Gasteiger partial charge in [-0.1, -0.05) is 0 Å². The number of aromatic nitrogens is 2. The predicted octanol–water partition coefficient (Wildman–Crippen LogP) is 1.86. The Balaban J connectivity index is 1.67. The van der Waals surface area contributed by atoms with Crippen LogP contribution in [-0.2, 0) is 21.4 Å². The quantitative estimate of drug-likeness (QED) is 0.550. The molecule has 3 aromatic rings. The van der Waals surface area contributed by atoms with Crippen molar-refractivity contribution in [3.8, 4) is 17.0 Å². The van der Waals surface area contributed by atoms with E-state index in [9.17, 15) is 18.0 Å². The molecular weight excluding hydrogens is 420 g/mol. The molecule has 0 bridgehead atoms. The monoisotopic (exact) mass is 442 g/mol. The van der Waals surface area contributed by atoms with Crippen molar-refractivity contribution in [2.45, 2.75) is 18.4 Å². The van der Waals surface area contributed by atoms with Crippen LogP contribution in [0.3, 0.4) is 0 Å². The number of hydrogen-bond acceptors (Lipinski definition) is 6. The minimum Gasteiger partial charge on any atom is -0.497 e. The molecule has 0 radical (unpaired) electrons. The summed E-state index contributed by atoms with van der Waals surface area (Å²) in [6.45, 7) is 1.41. The van der Waals surface area contributed by atoms with Crippen LogP contribution in [0.5, 0.6) is 5.75 Å². The molecule has 0 atom stereocenters. The van der Waals surface area contributed by atoms with Crippen molar-refractivity contribution in [1.29, 1.82) is 0 Å². The fourth-order valence-electron chi connectivity index (χ4n) is 2.81. The molecule has 0 aliphatic rings. The lowest BCUT2D eigenvalue weighted by atomic mass is 10.1. The Morgan fingerprint density at radius 1 is 1.03 bits per heavy atom. The van der Waals surface area contributed by atoms with E-state index in [1.54, 1.807) is 25.3 Å². The second kappa shape index (κ2) is 9.54. The third-order valence-electron chi connectivity index (χ3n) is 4.35. The van der Waals surface area contributed by atoms with Gasteiger partial charge in [0.15, 0.2) is 0 Å². The Morgan fingerprint density at radius 3 is 2.32 bits per heavy atom. The van der Waals surface area contributed by atoms with Gasteiger partial charge in [-0.15, -0.1) is 0 Å². The van der Waals surface area contributed by atoms with E-state index in [4.69, 9.17) is 4.74 Å². The number of ether oxygens (including phenoxy) is 1. The van der Waals surface area contributed by atoms with E-state index in [1.807, 2.05) is 12.1 Å². The van der Waals surface area contributed by atoms with Crippen LogP contribution in [0.4, 0.5) is 5.69 Å². The van der Waals surface area contributed by atoms with Crippen LogP contribution in [0.25, 0.3) is 11.3 Å². The Hall–Kier alpha value is -3.50. The van der Waals surface area contributed by atoms with Crippen LogP contribution in [0.2, 0.25) is 0 Å². The molecule has 2 aromatic carbocycles. The molecule has 1 amide bonds. The largest absolute Gasteiger partial charge is 0.497 e. The second-order valence-corrected chi connectivity index (χ2v) is 8.38. The first kappa shape index (κ1) is 22.2. The Kier molecular flexibility index (Phi) is 6.83. The Labute approximate surface area is 179 Å². The highest BCUT2D eigenvalue weighted by molar-refractivity contribution is 7.89. The molecule has 1 aromatic heterocycles. The smallest absolute Gasteiger partial charge is 0.266 e. The zero-order chi connectivity index (χ0) is 22.4. The fraction of sp³-hybridized carbons (Fsp3) is 0.190. The summed E-state index contributed by atoms with van der Waals surface area (Å²) in [5.74, 6) is 0.458. The van der Waals surface area contributed by atoms with Gasteiger partial charge in [-0.05, 0) is 54.6 Å². The van der Waals surface area contributed by atoms with Gasteiger partial charge >= 0.3 is 0 Å². The minimum atomic E-state index is -3.78. The number of benzene rings is 2. The summed E-state index contributed by atoms with van der Waals surface area (Å²) >= 11 is 0. The number of amides is 1.